The average Bonchev–Trinajstić information content (AvgIpc) is 2.35. The summed E-state index contributed by atoms with van der Waals surface area (Å²) in [6.07, 6.45) is -4.67. The van der Waals surface area contributed by atoms with Crippen molar-refractivity contribution < 1.29 is 22.7 Å². The van der Waals surface area contributed by atoms with Crippen LogP contribution < -0.4 is 10.1 Å². The second-order valence-electron chi connectivity index (χ2n) is 5.64. The van der Waals surface area contributed by atoms with Crippen LogP contribution in [0, 0.1) is 0 Å². The number of piperazine rings is 1. The van der Waals surface area contributed by atoms with Gasteiger partial charge >= 0.3 is 6.36 Å². The highest BCUT2D eigenvalue weighted by Gasteiger charge is 2.31. The Kier molecular flexibility index (Phi) is 4.95. The second-order valence-corrected chi connectivity index (χ2v) is 5.64. The third-order valence-corrected chi connectivity index (χ3v) is 3.40. The molecule has 0 bridgehead atoms. The van der Waals surface area contributed by atoms with Crippen LogP contribution in [-0.2, 0) is 11.2 Å². The highest BCUT2D eigenvalue weighted by molar-refractivity contribution is 5.79. The van der Waals surface area contributed by atoms with E-state index in [0.717, 1.165) is 0 Å². The predicted molar refractivity (Wildman–Crippen MR) is 75.5 cm³/mol. The van der Waals surface area contributed by atoms with Gasteiger partial charge in [0.1, 0.15) is 5.75 Å². The number of ether oxygens (including phenoxy) is 1. The Balaban J connectivity index is 2.01. The fourth-order valence-corrected chi connectivity index (χ4v) is 2.67. The number of benzene rings is 1. The van der Waals surface area contributed by atoms with E-state index in [1.807, 2.05) is 13.8 Å². The van der Waals surface area contributed by atoms with Crippen molar-refractivity contribution in [3.63, 3.8) is 0 Å². The normalized spacial score (nSPS) is 22.5. The minimum Gasteiger partial charge on any atom is -0.406 e. The Labute approximate surface area is 127 Å². The fourth-order valence-electron chi connectivity index (χ4n) is 2.67. The molecule has 7 heteroatoms. The summed E-state index contributed by atoms with van der Waals surface area (Å²) in [4.78, 5) is 14.0. The van der Waals surface area contributed by atoms with Crippen molar-refractivity contribution in [3.8, 4) is 5.75 Å². The molecule has 0 spiro atoms. The van der Waals surface area contributed by atoms with E-state index < -0.39 is 6.36 Å². The number of alkyl halides is 3. The van der Waals surface area contributed by atoms with Gasteiger partial charge in [-0.3, -0.25) is 4.79 Å². The van der Waals surface area contributed by atoms with Gasteiger partial charge in [0.05, 0.1) is 6.42 Å². The fraction of sp³-hybridized carbons (Fsp3) is 0.533. The topological polar surface area (TPSA) is 41.6 Å². The molecule has 1 aliphatic heterocycles. The first kappa shape index (κ1) is 16.6. The van der Waals surface area contributed by atoms with Crippen LogP contribution in [0.4, 0.5) is 13.2 Å². The van der Waals surface area contributed by atoms with Crippen LogP contribution in [0.1, 0.15) is 19.4 Å². The first-order valence-electron chi connectivity index (χ1n) is 7.11. The maximum absolute atomic E-state index is 12.3. The molecule has 1 amide bonds. The second kappa shape index (κ2) is 6.56. The van der Waals surface area contributed by atoms with E-state index in [1.54, 1.807) is 11.0 Å². The molecule has 1 saturated heterocycles. The molecule has 1 aromatic rings. The SMILES string of the molecule is CC1CN(C(=O)Cc2cccc(OC(F)(F)F)c2)CC(C)N1. The molecule has 1 aliphatic rings. The lowest BCUT2D eigenvalue weighted by Gasteiger charge is -2.36. The molecule has 0 radical (unpaired) electrons. The van der Waals surface area contributed by atoms with Crippen LogP contribution in [0.25, 0.3) is 0 Å². The standard InChI is InChI=1S/C15H19F3N2O2/c1-10-8-20(9-11(2)19-10)14(21)7-12-4-3-5-13(6-12)22-15(16,17)18/h3-6,10-11,19H,7-9H2,1-2H3. The summed E-state index contributed by atoms with van der Waals surface area (Å²) in [5.41, 5.74) is 0.505. The van der Waals surface area contributed by atoms with Crippen LogP contribution in [0.5, 0.6) is 5.75 Å². The molecule has 0 saturated carbocycles. The lowest BCUT2D eigenvalue weighted by molar-refractivity contribution is -0.274. The molecule has 1 fully saturated rings. The number of amides is 1. The average molecular weight is 316 g/mol. The van der Waals surface area contributed by atoms with Crippen molar-refractivity contribution in [3.05, 3.63) is 29.8 Å². The van der Waals surface area contributed by atoms with Crippen molar-refractivity contribution in [1.82, 2.24) is 10.2 Å². The highest BCUT2D eigenvalue weighted by Crippen LogP contribution is 2.23. The van der Waals surface area contributed by atoms with E-state index in [9.17, 15) is 18.0 Å². The highest BCUT2D eigenvalue weighted by atomic mass is 19.4. The number of nitrogens with one attached hydrogen (secondary N) is 1. The molecule has 2 unspecified atom stereocenters. The molecule has 1 aromatic carbocycles. The number of nitrogens with zero attached hydrogens (tertiary/aromatic N) is 1. The Morgan fingerprint density at radius 3 is 2.55 bits per heavy atom. The molecule has 0 aromatic heterocycles. The minimum atomic E-state index is -4.73. The van der Waals surface area contributed by atoms with Gasteiger partial charge in [0, 0.05) is 25.2 Å². The first-order chi connectivity index (χ1) is 10.2. The van der Waals surface area contributed by atoms with Crippen LogP contribution in [0.3, 0.4) is 0 Å². The summed E-state index contributed by atoms with van der Waals surface area (Å²) in [6, 6.07) is 5.94. The third kappa shape index (κ3) is 4.91. The maximum Gasteiger partial charge on any atom is 0.573 e. The van der Waals surface area contributed by atoms with Gasteiger partial charge in [0.25, 0.3) is 0 Å². The first-order valence-corrected chi connectivity index (χ1v) is 7.11. The van der Waals surface area contributed by atoms with Crippen molar-refractivity contribution in [2.24, 2.45) is 0 Å². The molecule has 2 rings (SSSR count). The summed E-state index contributed by atoms with van der Waals surface area (Å²) in [5.74, 6) is -0.399. The van der Waals surface area contributed by atoms with E-state index in [1.165, 1.54) is 18.2 Å². The van der Waals surface area contributed by atoms with Gasteiger partial charge in [-0.1, -0.05) is 12.1 Å². The lowest BCUT2D eigenvalue weighted by Crippen LogP contribution is -2.56. The molecular weight excluding hydrogens is 297 g/mol. The molecule has 122 valence electrons. The largest absolute Gasteiger partial charge is 0.573 e. The van der Waals surface area contributed by atoms with E-state index in [-0.39, 0.29) is 30.2 Å². The Hall–Kier alpha value is -1.76. The van der Waals surface area contributed by atoms with E-state index in [4.69, 9.17) is 0 Å². The van der Waals surface area contributed by atoms with Crippen molar-refractivity contribution in [2.45, 2.75) is 38.7 Å². The number of hydrogen-bond donors (Lipinski definition) is 1. The molecule has 1 N–H and O–H groups in total. The minimum absolute atomic E-state index is 0.0640. The van der Waals surface area contributed by atoms with E-state index >= 15 is 0 Å². The van der Waals surface area contributed by atoms with Gasteiger partial charge < -0.3 is 15.0 Å². The van der Waals surface area contributed by atoms with Crippen molar-refractivity contribution in [1.29, 1.82) is 0 Å². The van der Waals surface area contributed by atoms with Crippen LogP contribution >= 0.6 is 0 Å². The van der Waals surface area contributed by atoms with Crippen LogP contribution in [-0.4, -0.2) is 42.3 Å². The zero-order valence-electron chi connectivity index (χ0n) is 12.5. The predicted octanol–water partition coefficient (Wildman–Crippen LogP) is 2.34. The number of hydrogen-bond acceptors (Lipinski definition) is 3. The smallest absolute Gasteiger partial charge is 0.406 e. The molecule has 0 aliphatic carbocycles. The summed E-state index contributed by atoms with van der Waals surface area (Å²) in [6.45, 7) is 5.19. The van der Waals surface area contributed by atoms with Crippen LogP contribution in [0.2, 0.25) is 0 Å². The van der Waals surface area contributed by atoms with E-state index in [0.29, 0.717) is 18.7 Å². The van der Waals surface area contributed by atoms with Gasteiger partial charge in [-0.15, -0.1) is 13.2 Å². The monoisotopic (exact) mass is 316 g/mol. The van der Waals surface area contributed by atoms with E-state index in [2.05, 4.69) is 10.1 Å². The van der Waals surface area contributed by atoms with Gasteiger partial charge in [0.15, 0.2) is 0 Å². The zero-order chi connectivity index (χ0) is 16.3. The van der Waals surface area contributed by atoms with Crippen LogP contribution in [0.15, 0.2) is 24.3 Å². The van der Waals surface area contributed by atoms with Gasteiger partial charge in [-0.2, -0.15) is 0 Å². The Morgan fingerprint density at radius 2 is 1.95 bits per heavy atom. The van der Waals surface area contributed by atoms with Crippen molar-refractivity contribution in [2.75, 3.05) is 13.1 Å². The van der Waals surface area contributed by atoms with Gasteiger partial charge in [-0.05, 0) is 31.5 Å². The van der Waals surface area contributed by atoms with Gasteiger partial charge in [-0.25, -0.2) is 0 Å². The molecular formula is C15H19F3N2O2. The van der Waals surface area contributed by atoms with Gasteiger partial charge in [0.2, 0.25) is 5.91 Å². The summed E-state index contributed by atoms with van der Waals surface area (Å²) in [7, 11) is 0. The number of rotatable bonds is 3. The number of halogens is 3. The Bertz CT molecular complexity index is 524. The lowest BCUT2D eigenvalue weighted by atomic mass is 10.1. The zero-order valence-corrected chi connectivity index (χ0v) is 12.5. The summed E-state index contributed by atoms with van der Waals surface area (Å²) >= 11 is 0. The quantitative estimate of drug-likeness (QED) is 0.930. The molecule has 2 atom stereocenters. The third-order valence-electron chi connectivity index (χ3n) is 3.40. The molecule has 22 heavy (non-hydrogen) atoms. The molecule has 4 nitrogen and oxygen atoms in total. The number of carbonyl (C=O) groups is 1. The summed E-state index contributed by atoms with van der Waals surface area (Å²) < 4.78 is 40.5. The Morgan fingerprint density at radius 1 is 1.32 bits per heavy atom. The molecule has 1 heterocycles. The van der Waals surface area contributed by atoms with Crippen molar-refractivity contribution >= 4 is 5.91 Å². The number of carbonyl (C=O) groups excluding carboxylic acids is 1. The summed E-state index contributed by atoms with van der Waals surface area (Å²) in [5, 5.41) is 3.32. The maximum atomic E-state index is 12.3.